The molecule has 1 fully saturated rings. The van der Waals surface area contributed by atoms with E-state index in [-0.39, 0.29) is 1.43 Å². The maximum Gasteiger partial charge on any atom is 0.281 e. The van der Waals surface area contributed by atoms with Gasteiger partial charge in [-0.2, -0.15) is 17.0 Å². The maximum absolute atomic E-state index is 12.3. The molecule has 10 nitrogen and oxygen atoms in total. The van der Waals surface area contributed by atoms with E-state index in [4.69, 9.17) is 4.42 Å². The van der Waals surface area contributed by atoms with Crippen molar-refractivity contribution in [2.45, 2.75) is 6.92 Å². The lowest BCUT2D eigenvalue weighted by Crippen LogP contribution is -2.51. The van der Waals surface area contributed by atoms with Crippen molar-refractivity contribution in [2.75, 3.05) is 45.2 Å². The molecule has 0 saturated carbocycles. The molecule has 2 aromatic heterocycles. The molecule has 0 aliphatic carbocycles. The van der Waals surface area contributed by atoms with Gasteiger partial charge in [-0.1, -0.05) is 18.2 Å². The van der Waals surface area contributed by atoms with E-state index < -0.39 is 10.2 Å². The molecule has 0 N–H and O–H groups in total. The largest absolute Gasteiger partial charge is 0.415 e. The zero-order valence-corrected chi connectivity index (χ0v) is 17.9. The van der Waals surface area contributed by atoms with Crippen LogP contribution < -0.4 is 4.90 Å². The molecule has 0 spiro atoms. The number of nitrogens with zero attached hydrogens (tertiary/aromatic N) is 7. The van der Waals surface area contributed by atoms with Crippen molar-refractivity contribution in [3.05, 3.63) is 42.2 Å². The first-order valence-electron chi connectivity index (χ1n) is 9.52. The van der Waals surface area contributed by atoms with Crippen LogP contribution in [0.3, 0.4) is 0 Å². The van der Waals surface area contributed by atoms with Crippen molar-refractivity contribution >= 4 is 16.0 Å². The van der Waals surface area contributed by atoms with Crippen molar-refractivity contribution in [2.24, 2.45) is 0 Å². The van der Waals surface area contributed by atoms with Gasteiger partial charge in [0.25, 0.3) is 16.1 Å². The normalized spacial score (nSPS) is 15.7. The fourth-order valence-electron chi connectivity index (χ4n) is 3.19. The third kappa shape index (κ3) is 3.91. The molecule has 30 heavy (non-hydrogen) atoms. The van der Waals surface area contributed by atoms with Gasteiger partial charge in [0, 0.05) is 47.3 Å². The highest BCUT2D eigenvalue weighted by atomic mass is 32.2. The van der Waals surface area contributed by atoms with Crippen LogP contribution in [0, 0.1) is 6.92 Å². The predicted octanol–water partition coefficient (Wildman–Crippen LogP) is 1.68. The zero-order chi connectivity index (χ0) is 21.3. The predicted molar refractivity (Wildman–Crippen MR) is 114 cm³/mol. The minimum Gasteiger partial charge on any atom is -0.415 e. The molecule has 0 amide bonds. The lowest BCUT2D eigenvalue weighted by atomic mass is 10.2. The van der Waals surface area contributed by atoms with Crippen LogP contribution in [0.2, 0.25) is 0 Å². The van der Waals surface area contributed by atoms with Crippen molar-refractivity contribution in [1.29, 1.82) is 0 Å². The maximum atomic E-state index is 12.3. The summed E-state index contributed by atoms with van der Waals surface area (Å²) < 4.78 is 33.1. The summed E-state index contributed by atoms with van der Waals surface area (Å²) in [6.45, 7) is 3.63. The third-order valence-electron chi connectivity index (χ3n) is 4.94. The number of aryl methyl sites for hydroxylation is 1. The lowest BCUT2D eigenvalue weighted by molar-refractivity contribution is 0.355. The Labute approximate surface area is 176 Å². The van der Waals surface area contributed by atoms with Gasteiger partial charge in [0.2, 0.25) is 5.89 Å². The number of hydrogen-bond acceptors (Lipinski definition) is 8. The van der Waals surface area contributed by atoms with Crippen LogP contribution in [-0.2, 0) is 10.2 Å². The Balaban J connectivity index is 0.00000272. The first kappa shape index (κ1) is 20.4. The lowest BCUT2D eigenvalue weighted by Gasteiger charge is -2.35. The molecule has 0 radical (unpaired) electrons. The molecular formula is C19H25N7O3S. The summed E-state index contributed by atoms with van der Waals surface area (Å²) in [6, 6.07) is 9.52. The smallest absolute Gasteiger partial charge is 0.281 e. The molecule has 1 aromatic carbocycles. The Kier molecular flexibility index (Phi) is 5.50. The van der Waals surface area contributed by atoms with Crippen molar-refractivity contribution in [3.63, 3.8) is 0 Å². The molecule has 160 valence electrons. The Morgan fingerprint density at radius 2 is 1.70 bits per heavy atom. The number of aromatic nitrogens is 4. The summed E-state index contributed by atoms with van der Waals surface area (Å²) in [5, 5.41) is 8.27. The monoisotopic (exact) mass is 431 g/mol. The molecule has 1 aliphatic rings. The van der Waals surface area contributed by atoms with E-state index in [0.29, 0.717) is 55.2 Å². The van der Waals surface area contributed by atoms with Gasteiger partial charge in [-0.15, -0.1) is 10.2 Å². The number of anilines is 1. The van der Waals surface area contributed by atoms with E-state index in [0.717, 1.165) is 5.56 Å². The van der Waals surface area contributed by atoms with Crippen molar-refractivity contribution in [1.82, 2.24) is 28.8 Å². The summed E-state index contributed by atoms with van der Waals surface area (Å²) in [5.74, 6) is 1.37. The Hall–Kier alpha value is -2.89. The van der Waals surface area contributed by atoms with Gasteiger partial charge >= 0.3 is 0 Å². The van der Waals surface area contributed by atoms with E-state index in [1.807, 2.05) is 42.2 Å². The third-order valence-corrected chi connectivity index (χ3v) is 6.88. The molecule has 0 atom stereocenters. The first-order valence-corrected chi connectivity index (χ1v) is 10.9. The Morgan fingerprint density at radius 1 is 1.03 bits per heavy atom. The van der Waals surface area contributed by atoms with Crippen LogP contribution in [0.25, 0.3) is 23.0 Å². The van der Waals surface area contributed by atoms with Crippen LogP contribution >= 0.6 is 0 Å². The second kappa shape index (κ2) is 8.09. The summed E-state index contributed by atoms with van der Waals surface area (Å²) in [5.41, 5.74) is 2.03. The van der Waals surface area contributed by atoms with Crippen LogP contribution in [0.5, 0.6) is 0 Å². The summed E-state index contributed by atoms with van der Waals surface area (Å²) in [7, 11) is -0.346. The van der Waals surface area contributed by atoms with Gasteiger partial charge in [-0.05, 0) is 19.1 Å². The van der Waals surface area contributed by atoms with Crippen LogP contribution in [0.15, 0.2) is 40.9 Å². The second-order valence-corrected chi connectivity index (χ2v) is 9.26. The average Bonchev–Trinajstić information content (AvgIpc) is 3.25. The molecule has 1 aliphatic heterocycles. The van der Waals surface area contributed by atoms with Crippen LogP contribution in [-0.4, -0.2) is 77.5 Å². The highest BCUT2D eigenvalue weighted by molar-refractivity contribution is 7.86. The number of benzene rings is 1. The molecule has 11 heteroatoms. The topological polar surface area (TPSA) is 109 Å². The van der Waals surface area contributed by atoms with E-state index in [1.54, 1.807) is 6.20 Å². The molecule has 3 aromatic rings. The van der Waals surface area contributed by atoms with E-state index >= 15 is 0 Å². The van der Waals surface area contributed by atoms with Crippen molar-refractivity contribution in [3.8, 4) is 23.0 Å². The first-order chi connectivity index (χ1) is 14.4. The number of hydrogen-bond donors (Lipinski definition) is 0. The van der Waals surface area contributed by atoms with Gasteiger partial charge in [0.1, 0.15) is 5.82 Å². The second-order valence-electron chi connectivity index (χ2n) is 7.12. The molecule has 1 saturated heterocycles. The van der Waals surface area contributed by atoms with E-state index in [1.165, 1.54) is 22.7 Å². The van der Waals surface area contributed by atoms with Crippen LogP contribution in [0.1, 0.15) is 7.12 Å². The minimum absolute atomic E-state index is 0. The van der Waals surface area contributed by atoms with Gasteiger partial charge < -0.3 is 9.32 Å². The number of rotatable bonds is 5. The fraction of sp³-hybridized carbons (Fsp3) is 0.368. The van der Waals surface area contributed by atoms with Gasteiger partial charge in [-0.3, -0.25) is 4.98 Å². The van der Waals surface area contributed by atoms with Gasteiger partial charge in [0.05, 0.1) is 11.9 Å². The molecule has 3 heterocycles. The average molecular weight is 432 g/mol. The number of piperazine rings is 1. The highest BCUT2D eigenvalue weighted by Gasteiger charge is 2.29. The summed E-state index contributed by atoms with van der Waals surface area (Å²) in [6.07, 6.45) is 1.68. The summed E-state index contributed by atoms with van der Waals surface area (Å²) >= 11 is 0. The fourth-order valence-corrected chi connectivity index (χ4v) is 4.28. The quantitative estimate of drug-likeness (QED) is 0.600. The van der Waals surface area contributed by atoms with Crippen molar-refractivity contribution < 1.29 is 14.3 Å². The van der Waals surface area contributed by atoms with Crippen LogP contribution in [0.4, 0.5) is 5.82 Å². The summed E-state index contributed by atoms with van der Waals surface area (Å²) in [4.78, 5) is 11.1. The van der Waals surface area contributed by atoms with Gasteiger partial charge in [-0.25, -0.2) is 4.98 Å². The Bertz CT molecular complexity index is 1130. The molecule has 4 rings (SSSR count). The minimum atomic E-state index is -3.42. The zero-order valence-electron chi connectivity index (χ0n) is 17.1. The molecular weight excluding hydrogens is 406 g/mol. The highest BCUT2D eigenvalue weighted by Crippen LogP contribution is 2.26. The van der Waals surface area contributed by atoms with E-state index in [2.05, 4.69) is 20.2 Å². The standard InChI is InChI=1S/C19H23N7O3S.H2/c1-14-17(19-23-22-18(29-19)15-7-5-4-6-8-15)21-16(13-20-14)25-9-11-26(12-10-25)30(27,28)24(2)3;/h4-8,13H,9-12H2,1-3H3;1H. The Morgan fingerprint density at radius 3 is 2.37 bits per heavy atom. The SMILES string of the molecule is Cc1ncc(N2CCN(S(=O)(=O)N(C)C)CC2)nc1-c1nnc(-c2ccccc2)o1.[HH]. The molecule has 0 unspecified atom stereocenters. The molecule has 0 bridgehead atoms. The van der Waals surface area contributed by atoms with Gasteiger partial charge in [0.15, 0.2) is 5.69 Å². The van der Waals surface area contributed by atoms with E-state index in [9.17, 15) is 8.42 Å².